The maximum absolute atomic E-state index is 10.8. The van der Waals surface area contributed by atoms with E-state index in [2.05, 4.69) is 0 Å². The molecule has 0 fully saturated rings. The smallest absolute Gasteiger partial charge is 0.236 e. The van der Waals surface area contributed by atoms with Gasteiger partial charge in [-0.25, -0.2) is 8.42 Å². The predicted molar refractivity (Wildman–Crippen MR) is 54.1 cm³/mol. The number of ether oxygens (including phenoxy) is 1. The average Bonchev–Trinajstić information content (AvgIpc) is 2.47. The molecule has 0 aliphatic carbocycles. The Kier molecular flexibility index (Phi) is 2.41. The van der Waals surface area contributed by atoms with E-state index in [0.717, 1.165) is 17.7 Å². The summed E-state index contributed by atoms with van der Waals surface area (Å²) in [6, 6.07) is 5.40. The van der Waals surface area contributed by atoms with Gasteiger partial charge in [0.25, 0.3) is 0 Å². The summed E-state index contributed by atoms with van der Waals surface area (Å²) in [5, 5.41) is 0. The Morgan fingerprint density at radius 3 is 2.93 bits per heavy atom. The normalized spacial score (nSPS) is 14.9. The molecule has 2 rings (SSSR count). The Hall–Kier alpha value is -0.740. The zero-order valence-electron chi connectivity index (χ0n) is 7.36. The van der Waals surface area contributed by atoms with Gasteiger partial charge in [-0.15, -0.1) is 0 Å². The van der Waals surface area contributed by atoms with Crippen LogP contribution < -0.4 is 4.74 Å². The fourth-order valence-corrected chi connectivity index (χ4v) is 2.46. The molecule has 3 nitrogen and oxygen atoms in total. The minimum absolute atomic E-state index is 0.148. The first-order valence-electron chi connectivity index (χ1n) is 4.21. The summed E-state index contributed by atoms with van der Waals surface area (Å²) in [5.41, 5.74) is 1.79. The molecule has 1 aromatic carbocycles. The lowest BCUT2D eigenvalue weighted by atomic mass is 10.1. The van der Waals surface area contributed by atoms with Gasteiger partial charge in [0.15, 0.2) is 0 Å². The summed E-state index contributed by atoms with van der Waals surface area (Å²) in [7, 11) is 1.67. The first kappa shape index (κ1) is 9.80. The predicted octanol–water partition coefficient (Wildman–Crippen LogP) is 1.69. The second-order valence-corrected chi connectivity index (χ2v) is 6.00. The molecule has 0 N–H and O–H groups in total. The fraction of sp³-hybridized carbons (Fsp3) is 0.333. The molecule has 14 heavy (non-hydrogen) atoms. The van der Waals surface area contributed by atoms with E-state index in [-0.39, 0.29) is 5.75 Å². The summed E-state index contributed by atoms with van der Waals surface area (Å²) in [6.45, 7) is 0.673. The molecule has 1 heterocycles. The van der Waals surface area contributed by atoms with Crippen molar-refractivity contribution in [3.63, 3.8) is 0 Å². The van der Waals surface area contributed by atoms with Crippen molar-refractivity contribution in [3.8, 4) is 5.75 Å². The molecule has 1 aromatic rings. The van der Waals surface area contributed by atoms with E-state index in [4.69, 9.17) is 15.4 Å². The van der Waals surface area contributed by atoms with Crippen molar-refractivity contribution in [2.45, 2.75) is 12.2 Å². The Labute approximate surface area is 87.1 Å². The first-order chi connectivity index (χ1) is 6.54. The SMILES string of the molecule is O=S(=O)(Cl)Cc1ccc2c(c1)OCC2. The van der Waals surface area contributed by atoms with Crippen LogP contribution in [0.5, 0.6) is 5.75 Å². The lowest BCUT2D eigenvalue weighted by Crippen LogP contribution is -1.95. The number of fused-ring (bicyclic) bond motifs is 1. The molecule has 0 saturated heterocycles. The summed E-state index contributed by atoms with van der Waals surface area (Å²) in [6.07, 6.45) is 0.892. The molecule has 0 bridgehead atoms. The Morgan fingerprint density at radius 2 is 2.21 bits per heavy atom. The Bertz CT molecular complexity index is 453. The van der Waals surface area contributed by atoms with Gasteiger partial charge in [-0.2, -0.15) is 0 Å². The highest BCUT2D eigenvalue weighted by Crippen LogP contribution is 2.27. The number of benzene rings is 1. The van der Waals surface area contributed by atoms with Crippen LogP contribution in [0.2, 0.25) is 0 Å². The van der Waals surface area contributed by atoms with Gasteiger partial charge >= 0.3 is 0 Å². The van der Waals surface area contributed by atoms with Crippen LogP contribution in [-0.4, -0.2) is 15.0 Å². The Morgan fingerprint density at radius 1 is 1.43 bits per heavy atom. The molecule has 0 amide bonds. The highest BCUT2D eigenvalue weighted by Gasteiger charge is 2.14. The summed E-state index contributed by atoms with van der Waals surface area (Å²) < 4.78 is 27.0. The van der Waals surface area contributed by atoms with Gasteiger partial charge < -0.3 is 4.74 Å². The van der Waals surface area contributed by atoms with Crippen LogP contribution in [0.15, 0.2) is 18.2 Å². The molecule has 1 aliphatic heterocycles. The van der Waals surface area contributed by atoms with Gasteiger partial charge in [-0.1, -0.05) is 12.1 Å². The van der Waals surface area contributed by atoms with Crippen LogP contribution in [0.3, 0.4) is 0 Å². The zero-order chi connectivity index (χ0) is 10.2. The largest absolute Gasteiger partial charge is 0.493 e. The van der Waals surface area contributed by atoms with Gasteiger partial charge in [0.1, 0.15) is 5.75 Å². The van der Waals surface area contributed by atoms with Crippen molar-refractivity contribution in [2.24, 2.45) is 0 Å². The van der Waals surface area contributed by atoms with Crippen molar-refractivity contribution in [1.82, 2.24) is 0 Å². The molecular weight excluding hydrogens is 224 g/mol. The maximum atomic E-state index is 10.8. The number of rotatable bonds is 2. The van der Waals surface area contributed by atoms with E-state index < -0.39 is 9.05 Å². The molecule has 0 saturated carbocycles. The van der Waals surface area contributed by atoms with Crippen LogP contribution in [0.25, 0.3) is 0 Å². The van der Waals surface area contributed by atoms with Crippen molar-refractivity contribution >= 4 is 19.7 Å². The second-order valence-electron chi connectivity index (χ2n) is 3.22. The van der Waals surface area contributed by atoms with Crippen molar-refractivity contribution < 1.29 is 13.2 Å². The van der Waals surface area contributed by atoms with E-state index in [9.17, 15) is 8.42 Å². The summed E-state index contributed by atoms with van der Waals surface area (Å²) in [5.74, 6) is 0.633. The average molecular weight is 233 g/mol. The maximum Gasteiger partial charge on any atom is 0.236 e. The fourth-order valence-electron chi connectivity index (χ4n) is 1.50. The molecule has 0 aromatic heterocycles. The van der Waals surface area contributed by atoms with Crippen molar-refractivity contribution in [2.75, 3.05) is 6.61 Å². The number of hydrogen-bond acceptors (Lipinski definition) is 3. The standard InChI is InChI=1S/C9H9ClO3S/c10-14(11,12)6-7-1-2-8-3-4-13-9(8)5-7/h1-2,5H,3-4,6H2. The van der Waals surface area contributed by atoms with Crippen molar-refractivity contribution in [3.05, 3.63) is 29.3 Å². The third-order valence-electron chi connectivity index (χ3n) is 2.10. The van der Waals surface area contributed by atoms with E-state index in [1.54, 1.807) is 12.1 Å². The quantitative estimate of drug-likeness (QED) is 0.729. The van der Waals surface area contributed by atoms with Crippen LogP contribution >= 0.6 is 10.7 Å². The lowest BCUT2D eigenvalue weighted by molar-refractivity contribution is 0.356. The molecule has 0 unspecified atom stereocenters. The molecule has 0 spiro atoms. The van der Waals surface area contributed by atoms with E-state index in [0.29, 0.717) is 12.2 Å². The molecule has 0 radical (unpaired) electrons. The third-order valence-corrected chi connectivity index (χ3v) is 3.11. The summed E-state index contributed by atoms with van der Waals surface area (Å²) >= 11 is 0. The number of halogens is 1. The minimum Gasteiger partial charge on any atom is -0.493 e. The lowest BCUT2D eigenvalue weighted by Gasteiger charge is -2.01. The molecular formula is C9H9ClO3S. The van der Waals surface area contributed by atoms with E-state index in [1.807, 2.05) is 6.07 Å². The number of hydrogen-bond donors (Lipinski definition) is 0. The molecule has 1 aliphatic rings. The van der Waals surface area contributed by atoms with Crippen LogP contribution in [0.4, 0.5) is 0 Å². The third kappa shape index (κ3) is 2.19. The molecule has 5 heteroatoms. The van der Waals surface area contributed by atoms with E-state index >= 15 is 0 Å². The van der Waals surface area contributed by atoms with Crippen LogP contribution in [0, 0.1) is 0 Å². The van der Waals surface area contributed by atoms with Gasteiger partial charge in [-0.3, -0.25) is 0 Å². The second kappa shape index (κ2) is 3.44. The minimum atomic E-state index is -3.48. The first-order valence-corrected chi connectivity index (χ1v) is 6.69. The Balaban J connectivity index is 2.29. The summed E-state index contributed by atoms with van der Waals surface area (Å²) in [4.78, 5) is 0. The molecule has 76 valence electrons. The van der Waals surface area contributed by atoms with Gasteiger partial charge in [0, 0.05) is 17.1 Å². The van der Waals surface area contributed by atoms with Gasteiger partial charge in [0.2, 0.25) is 9.05 Å². The highest BCUT2D eigenvalue weighted by atomic mass is 35.7. The zero-order valence-corrected chi connectivity index (χ0v) is 8.94. The van der Waals surface area contributed by atoms with Crippen molar-refractivity contribution in [1.29, 1.82) is 0 Å². The van der Waals surface area contributed by atoms with Crippen LogP contribution in [-0.2, 0) is 21.2 Å². The van der Waals surface area contributed by atoms with Gasteiger partial charge in [0.05, 0.1) is 12.4 Å². The monoisotopic (exact) mass is 232 g/mol. The van der Waals surface area contributed by atoms with Gasteiger partial charge in [-0.05, 0) is 17.2 Å². The highest BCUT2D eigenvalue weighted by molar-refractivity contribution is 8.13. The topological polar surface area (TPSA) is 43.4 Å². The molecule has 0 atom stereocenters. The van der Waals surface area contributed by atoms with E-state index in [1.165, 1.54) is 0 Å². The van der Waals surface area contributed by atoms with Crippen LogP contribution in [0.1, 0.15) is 11.1 Å².